The van der Waals surface area contributed by atoms with Gasteiger partial charge in [-0.3, -0.25) is 14.1 Å². The number of carbonyl (C=O) groups is 1. The van der Waals surface area contributed by atoms with Gasteiger partial charge in [0.05, 0.1) is 16.8 Å². The Kier molecular flexibility index (Phi) is 6.25. The number of carbonyl (C=O) groups excluding carboxylic acids is 1. The first-order chi connectivity index (χ1) is 12.8. The number of benzene rings is 1. The molecule has 1 aliphatic heterocycles. The molecule has 1 fully saturated rings. The van der Waals surface area contributed by atoms with E-state index in [0.29, 0.717) is 36.5 Å². The van der Waals surface area contributed by atoms with Gasteiger partial charge in [-0.2, -0.15) is 5.10 Å². The maximum atomic E-state index is 12.9. The predicted octanol–water partition coefficient (Wildman–Crippen LogP) is 2.27. The Morgan fingerprint density at radius 2 is 2.19 bits per heavy atom. The average Bonchev–Trinajstić information content (AvgIpc) is 3.04. The molecule has 0 saturated carbocycles. The number of aromatic nitrogens is 2. The van der Waals surface area contributed by atoms with Crippen LogP contribution in [0.2, 0.25) is 0 Å². The van der Waals surface area contributed by atoms with Crippen LogP contribution in [0.1, 0.15) is 41.2 Å². The second-order valence-electron chi connectivity index (χ2n) is 6.88. The number of piperidine rings is 1. The summed E-state index contributed by atoms with van der Waals surface area (Å²) in [5, 5.41) is 8.36. The molecule has 1 aliphatic rings. The zero-order chi connectivity index (χ0) is 19.6. The van der Waals surface area contributed by atoms with Crippen LogP contribution < -0.4 is 5.73 Å². The topological polar surface area (TPSA) is 101 Å². The molecule has 1 aromatic heterocycles. The van der Waals surface area contributed by atoms with Crippen molar-refractivity contribution in [2.75, 3.05) is 32.6 Å². The number of nitrogens with zero attached hydrogens (tertiary/aromatic N) is 2. The number of fused-ring (bicyclic) bond motifs is 1. The first-order valence-electron chi connectivity index (χ1n) is 8.89. The van der Waals surface area contributed by atoms with Gasteiger partial charge >= 0.3 is 0 Å². The van der Waals surface area contributed by atoms with Gasteiger partial charge in [0.2, 0.25) is 0 Å². The van der Waals surface area contributed by atoms with E-state index in [9.17, 15) is 9.00 Å². The minimum Gasteiger partial charge on any atom is -0.385 e. The first kappa shape index (κ1) is 20.3. The lowest BCUT2D eigenvalue weighted by Crippen LogP contribution is -2.39. The molecule has 2 aromatic rings. The standard InChI is InChI=1S/C18H25BrN4O3S/c1-26-8-3-9-27(2,25)23-6-4-12(5-7-23)16-14-10-13(19)11-15(18(20)24)17(14)22-21-16/h10-12H,2-9H2,1H3,(H2,20,24)(H,21,22). The van der Waals surface area contributed by atoms with E-state index in [1.54, 1.807) is 13.2 Å². The van der Waals surface area contributed by atoms with Crippen LogP contribution in [0.15, 0.2) is 16.6 Å². The first-order valence-corrected chi connectivity index (χ1v) is 11.5. The molecule has 1 amide bonds. The Labute approximate surface area is 167 Å². The van der Waals surface area contributed by atoms with Gasteiger partial charge in [-0.15, -0.1) is 0 Å². The molecule has 3 rings (SSSR count). The number of primary amides is 1. The number of nitrogens with two attached hydrogens (primary N) is 1. The second kappa shape index (κ2) is 8.30. The van der Waals surface area contributed by atoms with Gasteiger partial charge in [-0.05, 0) is 37.3 Å². The average molecular weight is 457 g/mol. The summed E-state index contributed by atoms with van der Waals surface area (Å²) in [5.41, 5.74) is 7.52. The van der Waals surface area contributed by atoms with Crippen LogP contribution in [0.4, 0.5) is 0 Å². The van der Waals surface area contributed by atoms with Crippen LogP contribution in [0.5, 0.6) is 0 Å². The number of halogens is 1. The highest BCUT2D eigenvalue weighted by molar-refractivity contribution is 9.10. The summed E-state index contributed by atoms with van der Waals surface area (Å²) in [5.74, 6) is 4.26. The number of ether oxygens (including phenoxy) is 1. The monoisotopic (exact) mass is 456 g/mol. The van der Waals surface area contributed by atoms with Gasteiger partial charge in [-0.25, -0.2) is 4.31 Å². The summed E-state index contributed by atoms with van der Waals surface area (Å²) in [6.45, 7) is 2.02. The zero-order valence-corrected chi connectivity index (χ0v) is 17.8. The largest absolute Gasteiger partial charge is 0.385 e. The van der Waals surface area contributed by atoms with Crippen LogP contribution in [-0.4, -0.2) is 63.0 Å². The molecule has 0 radical (unpaired) electrons. The van der Waals surface area contributed by atoms with Crippen molar-refractivity contribution in [1.82, 2.24) is 14.5 Å². The number of nitrogens with one attached hydrogen (secondary N) is 1. The fourth-order valence-corrected chi connectivity index (χ4v) is 5.79. The molecule has 1 atom stereocenters. The second-order valence-corrected chi connectivity index (χ2v) is 10.3. The van der Waals surface area contributed by atoms with Gasteiger partial charge in [0.1, 0.15) is 0 Å². The Morgan fingerprint density at radius 1 is 1.48 bits per heavy atom. The highest BCUT2D eigenvalue weighted by Gasteiger charge is 2.28. The number of hydrogen-bond donors (Lipinski definition) is 2. The molecule has 148 valence electrons. The van der Waals surface area contributed by atoms with Crippen LogP contribution in [0.3, 0.4) is 0 Å². The molecule has 9 heteroatoms. The highest BCUT2D eigenvalue weighted by Crippen LogP contribution is 2.34. The van der Waals surface area contributed by atoms with E-state index in [1.165, 1.54) is 0 Å². The molecular formula is C18H25BrN4O3S. The lowest BCUT2D eigenvalue weighted by Gasteiger charge is -2.33. The van der Waals surface area contributed by atoms with Crippen molar-refractivity contribution in [2.24, 2.45) is 5.73 Å². The minimum atomic E-state index is -2.26. The van der Waals surface area contributed by atoms with E-state index in [2.05, 4.69) is 32.0 Å². The summed E-state index contributed by atoms with van der Waals surface area (Å²) in [6.07, 6.45) is 2.43. The van der Waals surface area contributed by atoms with E-state index >= 15 is 0 Å². The van der Waals surface area contributed by atoms with E-state index in [1.807, 2.05) is 10.4 Å². The van der Waals surface area contributed by atoms with Crippen LogP contribution >= 0.6 is 15.9 Å². The number of amides is 1. The maximum absolute atomic E-state index is 12.9. The number of H-pyrrole nitrogens is 1. The SMILES string of the molecule is C=S(=O)(CCCOC)N1CCC(c2n[nH]c3c(C(N)=O)cc(Br)cc23)CC1. The molecule has 3 N–H and O–H groups in total. The maximum Gasteiger partial charge on any atom is 0.250 e. The van der Waals surface area contributed by atoms with Gasteiger partial charge < -0.3 is 10.5 Å². The van der Waals surface area contributed by atoms with Crippen molar-refractivity contribution < 1.29 is 13.7 Å². The van der Waals surface area contributed by atoms with Gasteiger partial charge in [0, 0.05) is 58.0 Å². The van der Waals surface area contributed by atoms with Gasteiger partial charge in [-0.1, -0.05) is 15.9 Å². The molecule has 1 unspecified atom stereocenters. The van der Waals surface area contributed by atoms with Crippen molar-refractivity contribution in [3.8, 4) is 0 Å². The van der Waals surface area contributed by atoms with E-state index in [0.717, 1.165) is 34.8 Å². The molecule has 1 aromatic carbocycles. The fourth-order valence-electron chi connectivity index (χ4n) is 3.63. The summed E-state index contributed by atoms with van der Waals surface area (Å²) < 4.78 is 20.7. The molecule has 0 aliphatic carbocycles. The van der Waals surface area contributed by atoms with Crippen LogP contribution in [0, 0.1) is 0 Å². The molecule has 1 saturated heterocycles. The third-order valence-electron chi connectivity index (χ3n) is 5.06. The van der Waals surface area contributed by atoms with Crippen molar-refractivity contribution in [3.63, 3.8) is 0 Å². The summed E-state index contributed by atoms with van der Waals surface area (Å²) in [7, 11) is -0.613. The quantitative estimate of drug-likeness (QED) is 0.492. The highest BCUT2D eigenvalue weighted by atomic mass is 79.9. The smallest absolute Gasteiger partial charge is 0.250 e. The minimum absolute atomic E-state index is 0.235. The fraction of sp³-hybridized carbons (Fsp3) is 0.500. The van der Waals surface area contributed by atoms with Gasteiger partial charge in [0.25, 0.3) is 5.91 Å². The Hall–Kier alpha value is -1.42. The Balaban J connectivity index is 1.76. The number of hydrogen-bond acceptors (Lipinski definition) is 4. The molecular weight excluding hydrogens is 432 g/mol. The van der Waals surface area contributed by atoms with Crippen LogP contribution in [0.25, 0.3) is 10.9 Å². The third kappa shape index (κ3) is 4.37. The van der Waals surface area contributed by atoms with Crippen molar-refractivity contribution in [1.29, 1.82) is 0 Å². The normalized spacial score (nSPS) is 18.6. The van der Waals surface area contributed by atoms with E-state index < -0.39 is 15.6 Å². The lowest BCUT2D eigenvalue weighted by atomic mass is 9.92. The molecule has 27 heavy (non-hydrogen) atoms. The van der Waals surface area contributed by atoms with Crippen LogP contribution in [-0.2, 0) is 14.4 Å². The number of aromatic amines is 1. The van der Waals surface area contributed by atoms with Crippen molar-refractivity contribution >= 4 is 48.3 Å². The Morgan fingerprint density at radius 3 is 2.81 bits per heavy atom. The molecule has 2 heterocycles. The van der Waals surface area contributed by atoms with Gasteiger partial charge in [0.15, 0.2) is 0 Å². The number of rotatable bonds is 7. The Bertz CT molecular complexity index is 933. The molecule has 0 bridgehead atoms. The molecule has 7 nitrogen and oxygen atoms in total. The summed E-state index contributed by atoms with van der Waals surface area (Å²) >= 11 is 3.45. The van der Waals surface area contributed by atoms with Crippen molar-refractivity contribution in [3.05, 3.63) is 27.9 Å². The summed E-state index contributed by atoms with van der Waals surface area (Å²) in [6, 6.07) is 3.66. The number of methoxy groups -OCH3 is 1. The lowest BCUT2D eigenvalue weighted by molar-refractivity contribution is 0.100. The molecule has 0 spiro atoms. The predicted molar refractivity (Wildman–Crippen MR) is 112 cm³/mol. The van der Waals surface area contributed by atoms with E-state index in [-0.39, 0.29) is 5.92 Å². The zero-order valence-electron chi connectivity index (χ0n) is 15.4. The van der Waals surface area contributed by atoms with E-state index in [4.69, 9.17) is 10.5 Å². The summed E-state index contributed by atoms with van der Waals surface area (Å²) in [4.78, 5) is 11.7. The third-order valence-corrected chi connectivity index (χ3v) is 7.75. The van der Waals surface area contributed by atoms with Crippen molar-refractivity contribution in [2.45, 2.75) is 25.2 Å².